The molecule has 0 aliphatic heterocycles. The number of carbonyl (C=O) groups is 4. The molecule has 0 radical (unpaired) electrons. The molecule has 0 heterocycles. The van der Waals surface area contributed by atoms with Gasteiger partial charge in [0.15, 0.2) is 0 Å². The number of unbranched alkanes of at least 4 members (excludes halogenated alkanes) is 16. The van der Waals surface area contributed by atoms with E-state index in [1.165, 1.54) is 77.0 Å². The fourth-order valence-corrected chi connectivity index (χ4v) is 8.98. The molecule has 0 unspecified atom stereocenters. The molecule has 0 aliphatic rings. The lowest BCUT2D eigenvalue weighted by atomic mass is 9.96. The minimum absolute atomic E-state index is 0.101. The molecule has 0 bridgehead atoms. The van der Waals surface area contributed by atoms with Crippen LogP contribution in [0.5, 0.6) is 0 Å². The molecule has 0 N–H and O–H groups in total. The van der Waals surface area contributed by atoms with Crippen molar-refractivity contribution in [1.29, 1.82) is 0 Å². The number of hydrogen-bond donors (Lipinski definition) is 0. The molecule has 0 saturated heterocycles. The van der Waals surface area contributed by atoms with Crippen LogP contribution in [0.15, 0.2) is 0 Å². The van der Waals surface area contributed by atoms with Crippen LogP contribution in [0.2, 0.25) is 0 Å². The van der Waals surface area contributed by atoms with Crippen molar-refractivity contribution in [2.45, 2.75) is 248 Å². The van der Waals surface area contributed by atoms with E-state index < -0.39 is 0 Å². The largest absolute Gasteiger partial charge is 0.465 e. The van der Waals surface area contributed by atoms with Crippen LogP contribution in [-0.2, 0) is 28.5 Å². The molecular weight excluding hydrogens is 881 g/mol. The highest BCUT2D eigenvalue weighted by molar-refractivity contribution is 5.70. The smallest absolute Gasteiger partial charge is 0.409 e. The van der Waals surface area contributed by atoms with Crippen molar-refractivity contribution in [2.24, 2.45) is 11.8 Å². The number of esters is 2. The first-order valence-electron chi connectivity index (χ1n) is 29.7. The minimum atomic E-state index is -0.285. The predicted molar refractivity (Wildman–Crippen MR) is 292 cm³/mol. The zero-order valence-corrected chi connectivity index (χ0v) is 47.3. The summed E-state index contributed by atoms with van der Waals surface area (Å²) in [6.07, 6.45) is 30.4. The Morgan fingerprint density at radius 1 is 0.329 bits per heavy atom. The summed E-state index contributed by atoms with van der Waals surface area (Å²) in [5.74, 6) is 0.731. The van der Waals surface area contributed by atoms with Gasteiger partial charge in [-0.3, -0.25) is 14.5 Å². The molecule has 0 fully saturated rings. The fraction of sp³-hybridized carbons (Fsp3) is 0.931. The Hall–Kier alpha value is -2.60. The maximum absolute atomic E-state index is 13.5. The normalized spacial score (nSPS) is 11.5. The van der Waals surface area contributed by atoms with E-state index in [0.29, 0.717) is 77.2 Å². The van der Waals surface area contributed by atoms with Crippen molar-refractivity contribution in [3.63, 3.8) is 0 Å². The van der Waals surface area contributed by atoms with Crippen LogP contribution in [0.25, 0.3) is 0 Å². The monoisotopic (exact) mass is 995 g/mol. The van der Waals surface area contributed by atoms with Crippen LogP contribution in [0.4, 0.5) is 9.59 Å². The first kappa shape index (κ1) is 67.4. The molecule has 0 atom stereocenters. The number of rotatable bonds is 51. The Bertz CT molecular complexity index is 1100. The van der Waals surface area contributed by atoms with Gasteiger partial charge in [-0.15, -0.1) is 0 Å². The second-order valence-electron chi connectivity index (χ2n) is 20.2. The van der Waals surface area contributed by atoms with E-state index in [2.05, 4.69) is 65.2 Å². The van der Waals surface area contributed by atoms with E-state index in [-0.39, 0.29) is 37.3 Å². The van der Waals surface area contributed by atoms with E-state index in [1.54, 1.807) is 0 Å². The number of carbonyl (C=O) groups excluding carboxylic acids is 4. The van der Waals surface area contributed by atoms with Gasteiger partial charge in [-0.25, -0.2) is 9.59 Å². The van der Waals surface area contributed by atoms with Crippen LogP contribution in [-0.4, -0.2) is 136 Å². The van der Waals surface area contributed by atoms with E-state index in [4.69, 9.17) is 18.9 Å². The number of ether oxygens (including phenoxy) is 4. The van der Waals surface area contributed by atoms with Gasteiger partial charge in [-0.2, -0.15) is 0 Å². The molecule has 70 heavy (non-hydrogen) atoms. The molecule has 0 spiro atoms. The number of hydrogen-bond acceptors (Lipinski definition) is 10. The molecule has 0 rings (SSSR count). The maximum Gasteiger partial charge on any atom is 0.409 e. The highest BCUT2D eigenvalue weighted by atomic mass is 16.6. The minimum Gasteiger partial charge on any atom is -0.465 e. The Morgan fingerprint density at radius 2 is 0.643 bits per heavy atom. The Morgan fingerprint density at radius 3 is 0.971 bits per heavy atom. The fourth-order valence-electron chi connectivity index (χ4n) is 8.98. The summed E-state index contributed by atoms with van der Waals surface area (Å²) in [4.78, 5) is 60.5. The Kier molecular flexibility index (Phi) is 48.1. The molecule has 0 aliphatic carbocycles. The van der Waals surface area contributed by atoms with Crippen LogP contribution in [0.3, 0.4) is 0 Å². The standard InChI is InChI=1S/C58H114N4O8/c1-9-17-25-35-53(36-26-18-10-2)51-69-55(63)39-29-23-33-43-61(41-31-21-13-5)57(65)67-49-47-60(46-45-59(15-7)16-8)48-50-68-58(66)62(42-32-22-14-6)44-34-24-30-40-56(64)70-52-54(37-27-19-11-3)38-28-20-12-4/h53-54H,9-52H2,1-8H3. The Labute approximate surface area is 432 Å². The van der Waals surface area contributed by atoms with Gasteiger partial charge >= 0.3 is 24.1 Å². The second kappa shape index (κ2) is 50.0. The van der Waals surface area contributed by atoms with Gasteiger partial charge in [0.25, 0.3) is 0 Å². The van der Waals surface area contributed by atoms with Gasteiger partial charge < -0.3 is 33.6 Å². The van der Waals surface area contributed by atoms with Gasteiger partial charge in [0.2, 0.25) is 0 Å². The molecule has 12 nitrogen and oxygen atoms in total. The Balaban J connectivity index is 5.13. The molecule has 0 aromatic carbocycles. The summed E-state index contributed by atoms with van der Waals surface area (Å²) >= 11 is 0. The van der Waals surface area contributed by atoms with Crippen molar-refractivity contribution in [3.05, 3.63) is 0 Å². The zero-order chi connectivity index (χ0) is 51.7. The summed E-state index contributed by atoms with van der Waals surface area (Å²) in [6, 6.07) is 0. The number of amides is 2. The van der Waals surface area contributed by atoms with Crippen molar-refractivity contribution in [3.8, 4) is 0 Å². The lowest BCUT2D eigenvalue weighted by Gasteiger charge is -2.28. The third-order valence-corrected chi connectivity index (χ3v) is 13.9. The summed E-state index contributed by atoms with van der Waals surface area (Å²) < 4.78 is 23.3. The van der Waals surface area contributed by atoms with Gasteiger partial charge in [0, 0.05) is 65.2 Å². The molecule has 2 amide bonds. The third-order valence-electron chi connectivity index (χ3n) is 13.9. The molecular formula is C58H114N4O8. The van der Waals surface area contributed by atoms with Crippen LogP contribution < -0.4 is 0 Å². The van der Waals surface area contributed by atoms with Crippen molar-refractivity contribution in [2.75, 3.05) is 91.9 Å². The van der Waals surface area contributed by atoms with Crippen LogP contribution in [0.1, 0.15) is 248 Å². The maximum atomic E-state index is 13.5. The summed E-state index contributed by atoms with van der Waals surface area (Å²) in [5.41, 5.74) is 0. The lowest BCUT2D eigenvalue weighted by Crippen LogP contribution is -2.41. The molecule has 0 aromatic heterocycles. The summed E-state index contributed by atoms with van der Waals surface area (Å²) in [5, 5.41) is 0. The highest BCUT2D eigenvalue weighted by Crippen LogP contribution is 2.20. The van der Waals surface area contributed by atoms with Crippen LogP contribution >= 0.6 is 0 Å². The van der Waals surface area contributed by atoms with Gasteiger partial charge in [0.05, 0.1) is 13.2 Å². The SMILES string of the molecule is CCCCCC(CCCCC)COC(=O)CCCCCN(CCCCC)C(=O)OCCN(CCOC(=O)N(CCCCC)CCCCCC(=O)OCC(CCCCC)CCCCC)CCN(CC)CC. The topological polar surface area (TPSA) is 118 Å². The number of likely N-dealkylation sites (N-methyl/N-ethyl adjacent to an activating group) is 1. The second-order valence-corrected chi connectivity index (χ2v) is 20.2. The van der Waals surface area contributed by atoms with Gasteiger partial charge in [-0.05, 0) is 89.1 Å². The number of nitrogens with zero attached hydrogens (tertiary/aromatic N) is 4. The highest BCUT2D eigenvalue weighted by Gasteiger charge is 2.19. The van der Waals surface area contributed by atoms with E-state index in [1.807, 2.05) is 9.80 Å². The van der Waals surface area contributed by atoms with Crippen molar-refractivity contribution < 1.29 is 38.1 Å². The first-order chi connectivity index (χ1) is 34.1. The van der Waals surface area contributed by atoms with E-state index in [0.717, 1.165) is 129 Å². The average Bonchev–Trinajstić information content (AvgIpc) is 3.35. The van der Waals surface area contributed by atoms with Crippen molar-refractivity contribution in [1.82, 2.24) is 19.6 Å². The molecule has 0 aromatic rings. The summed E-state index contributed by atoms with van der Waals surface area (Å²) in [6.45, 7) is 26.4. The van der Waals surface area contributed by atoms with Crippen LogP contribution in [0, 0.1) is 11.8 Å². The zero-order valence-electron chi connectivity index (χ0n) is 47.3. The van der Waals surface area contributed by atoms with Gasteiger partial charge in [-0.1, -0.05) is 171 Å². The van der Waals surface area contributed by atoms with Gasteiger partial charge in [0.1, 0.15) is 13.2 Å². The summed E-state index contributed by atoms with van der Waals surface area (Å²) in [7, 11) is 0. The average molecular weight is 996 g/mol. The molecule has 414 valence electrons. The quantitative estimate of drug-likeness (QED) is 0.0331. The molecule has 12 heteroatoms. The molecule has 0 saturated carbocycles. The van der Waals surface area contributed by atoms with Crippen molar-refractivity contribution >= 4 is 24.1 Å². The first-order valence-corrected chi connectivity index (χ1v) is 29.7. The third kappa shape index (κ3) is 39.9. The van der Waals surface area contributed by atoms with E-state index in [9.17, 15) is 19.2 Å². The predicted octanol–water partition coefficient (Wildman–Crippen LogP) is 14.6. The van der Waals surface area contributed by atoms with E-state index >= 15 is 0 Å². The lowest BCUT2D eigenvalue weighted by molar-refractivity contribution is -0.146.